The zero-order valence-corrected chi connectivity index (χ0v) is 13.2. The van der Waals surface area contributed by atoms with Crippen LogP contribution in [0.3, 0.4) is 0 Å². The Morgan fingerprint density at radius 2 is 2.08 bits per heavy atom. The van der Waals surface area contributed by atoms with E-state index < -0.39 is 0 Å². The molecule has 1 aromatic heterocycles. The van der Waals surface area contributed by atoms with Gasteiger partial charge in [0.05, 0.1) is 11.0 Å². The first kappa shape index (κ1) is 14.9. The van der Waals surface area contributed by atoms with E-state index in [1.165, 1.54) is 0 Å². The highest BCUT2D eigenvalue weighted by molar-refractivity contribution is 5.77. The van der Waals surface area contributed by atoms with E-state index in [0.29, 0.717) is 17.3 Å². The molecule has 5 nitrogen and oxygen atoms in total. The van der Waals surface area contributed by atoms with Crippen molar-refractivity contribution < 1.29 is 14.3 Å². The summed E-state index contributed by atoms with van der Waals surface area (Å²) in [5, 5.41) is 0. The summed E-state index contributed by atoms with van der Waals surface area (Å²) in [7, 11) is 0. The molecule has 0 spiro atoms. The Labute approximate surface area is 139 Å². The van der Waals surface area contributed by atoms with Gasteiger partial charge in [-0.3, -0.25) is 9.36 Å². The molecule has 0 aliphatic carbocycles. The lowest BCUT2D eigenvalue weighted by Crippen LogP contribution is -2.18. The van der Waals surface area contributed by atoms with Gasteiger partial charge in [0.2, 0.25) is 0 Å². The fourth-order valence-electron chi connectivity index (χ4n) is 3.06. The van der Waals surface area contributed by atoms with Gasteiger partial charge in [0, 0.05) is 12.2 Å². The molecule has 2 heterocycles. The first-order chi connectivity index (χ1) is 11.8. The Hall–Kier alpha value is -2.66. The van der Waals surface area contributed by atoms with Crippen LogP contribution in [0.1, 0.15) is 35.8 Å². The maximum Gasteiger partial charge on any atom is 0.305 e. The van der Waals surface area contributed by atoms with Gasteiger partial charge < -0.3 is 9.47 Å². The largest absolute Gasteiger partial charge is 0.425 e. The van der Waals surface area contributed by atoms with Crippen molar-refractivity contribution in [3.63, 3.8) is 0 Å². The van der Waals surface area contributed by atoms with Gasteiger partial charge in [0.25, 0.3) is 0 Å². The summed E-state index contributed by atoms with van der Waals surface area (Å²) in [4.78, 5) is 15.6. The van der Waals surface area contributed by atoms with Gasteiger partial charge in [0.1, 0.15) is 18.3 Å². The Morgan fingerprint density at radius 1 is 1.17 bits per heavy atom. The van der Waals surface area contributed by atoms with E-state index in [1.54, 1.807) is 18.2 Å². The number of hydrogen-bond donors (Lipinski definition) is 0. The van der Waals surface area contributed by atoms with Crippen molar-refractivity contribution in [3.8, 4) is 11.8 Å². The molecule has 0 saturated carbocycles. The van der Waals surface area contributed by atoms with Gasteiger partial charge in [-0.2, -0.15) is 4.98 Å². The van der Waals surface area contributed by atoms with Gasteiger partial charge in [-0.15, -0.1) is 0 Å². The number of carbonyl (C=O) groups is 1. The first-order valence-corrected chi connectivity index (χ1v) is 8.17. The number of carbonyl (C=O) groups excluding carboxylic acids is 1. The van der Waals surface area contributed by atoms with Crippen LogP contribution in [0.2, 0.25) is 0 Å². The number of aldehydes is 1. The fourth-order valence-corrected chi connectivity index (χ4v) is 3.06. The van der Waals surface area contributed by atoms with E-state index in [0.717, 1.165) is 43.2 Å². The lowest BCUT2D eigenvalue weighted by atomic mass is 10.2. The van der Waals surface area contributed by atoms with Crippen LogP contribution in [0.25, 0.3) is 11.0 Å². The zero-order chi connectivity index (χ0) is 16.4. The van der Waals surface area contributed by atoms with Crippen molar-refractivity contribution in [1.82, 2.24) is 9.55 Å². The summed E-state index contributed by atoms with van der Waals surface area (Å²) in [6.07, 6.45) is 3.87. The number of nitrogens with zero attached hydrogens (tertiary/aromatic N) is 2. The van der Waals surface area contributed by atoms with E-state index in [9.17, 15) is 4.79 Å². The monoisotopic (exact) mass is 322 g/mol. The van der Waals surface area contributed by atoms with Crippen molar-refractivity contribution in [2.75, 3.05) is 6.61 Å². The zero-order valence-electron chi connectivity index (χ0n) is 13.2. The van der Waals surface area contributed by atoms with Crippen LogP contribution in [0.5, 0.6) is 11.8 Å². The summed E-state index contributed by atoms with van der Waals surface area (Å²) in [6.45, 7) is 0.747. The molecule has 2 aromatic carbocycles. The third kappa shape index (κ3) is 2.78. The molecule has 1 saturated heterocycles. The quantitative estimate of drug-likeness (QED) is 0.671. The van der Waals surface area contributed by atoms with Crippen LogP contribution in [0, 0.1) is 0 Å². The lowest BCUT2D eigenvalue weighted by molar-refractivity contribution is -0.0325. The Bertz CT molecular complexity index is 866. The second-order valence-electron chi connectivity index (χ2n) is 5.87. The van der Waals surface area contributed by atoms with Crippen molar-refractivity contribution in [3.05, 3.63) is 54.1 Å². The smallest absolute Gasteiger partial charge is 0.305 e. The number of benzene rings is 2. The second-order valence-corrected chi connectivity index (χ2v) is 5.87. The molecule has 24 heavy (non-hydrogen) atoms. The Morgan fingerprint density at radius 3 is 2.92 bits per heavy atom. The van der Waals surface area contributed by atoms with Gasteiger partial charge in [-0.05, 0) is 43.5 Å². The Kier molecular flexibility index (Phi) is 4.01. The molecule has 1 aliphatic rings. The molecular formula is C19H18N2O3. The van der Waals surface area contributed by atoms with Crippen LogP contribution < -0.4 is 4.74 Å². The van der Waals surface area contributed by atoms with Crippen LogP contribution in [-0.2, 0) is 4.74 Å². The van der Waals surface area contributed by atoms with Crippen molar-refractivity contribution in [2.45, 2.75) is 25.5 Å². The van der Waals surface area contributed by atoms with Crippen molar-refractivity contribution in [1.29, 1.82) is 0 Å². The predicted molar refractivity (Wildman–Crippen MR) is 90.5 cm³/mol. The molecule has 3 aromatic rings. The first-order valence-electron chi connectivity index (χ1n) is 8.17. The highest BCUT2D eigenvalue weighted by atomic mass is 16.5. The SMILES string of the molecule is O=Cc1cccc(Oc2nc3ccccc3n2[C@@H]2CCCCO2)c1. The average Bonchev–Trinajstić information content (AvgIpc) is 3.00. The standard InChI is InChI=1S/C19H18N2O3/c22-13-14-6-5-7-15(12-14)24-19-20-16-8-1-2-9-17(16)21(19)18-10-3-4-11-23-18/h1-2,5-9,12-13,18H,3-4,10-11H2/t18-/m0/s1. The van der Waals surface area contributed by atoms with Crippen molar-refractivity contribution >= 4 is 17.3 Å². The van der Waals surface area contributed by atoms with Crippen LogP contribution in [0.15, 0.2) is 48.5 Å². The summed E-state index contributed by atoms with van der Waals surface area (Å²) < 4.78 is 14.0. The highest BCUT2D eigenvalue weighted by Crippen LogP contribution is 2.33. The van der Waals surface area contributed by atoms with E-state index in [-0.39, 0.29) is 6.23 Å². The summed E-state index contributed by atoms with van der Waals surface area (Å²) in [5.74, 6) is 0.590. The number of fused-ring (bicyclic) bond motifs is 1. The van der Waals surface area contributed by atoms with Gasteiger partial charge in [-0.25, -0.2) is 0 Å². The molecular weight excluding hydrogens is 304 g/mol. The molecule has 1 atom stereocenters. The maximum absolute atomic E-state index is 11.0. The minimum Gasteiger partial charge on any atom is -0.425 e. The number of para-hydroxylation sites is 2. The number of rotatable bonds is 4. The normalized spacial score (nSPS) is 17.8. The molecule has 0 amide bonds. The number of ether oxygens (including phenoxy) is 2. The molecule has 5 heteroatoms. The average molecular weight is 322 g/mol. The molecule has 0 unspecified atom stereocenters. The molecule has 4 rings (SSSR count). The van der Waals surface area contributed by atoms with Gasteiger partial charge in [0.15, 0.2) is 0 Å². The lowest BCUT2D eigenvalue weighted by Gasteiger charge is -2.25. The molecule has 122 valence electrons. The van der Waals surface area contributed by atoms with Crippen LogP contribution in [-0.4, -0.2) is 22.4 Å². The topological polar surface area (TPSA) is 53.3 Å². The minimum atomic E-state index is -0.0737. The van der Waals surface area contributed by atoms with Gasteiger partial charge >= 0.3 is 6.01 Å². The van der Waals surface area contributed by atoms with Crippen molar-refractivity contribution in [2.24, 2.45) is 0 Å². The summed E-state index contributed by atoms with van der Waals surface area (Å²) >= 11 is 0. The number of aromatic nitrogens is 2. The third-order valence-electron chi connectivity index (χ3n) is 4.21. The van der Waals surface area contributed by atoms with E-state index >= 15 is 0 Å². The molecule has 0 bridgehead atoms. The van der Waals surface area contributed by atoms with E-state index in [2.05, 4.69) is 4.98 Å². The summed E-state index contributed by atoms with van der Waals surface area (Å²) in [5.41, 5.74) is 2.43. The molecule has 0 N–H and O–H groups in total. The molecule has 1 fully saturated rings. The summed E-state index contributed by atoms with van der Waals surface area (Å²) in [6, 6.07) is 15.5. The minimum absolute atomic E-state index is 0.0737. The van der Waals surface area contributed by atoms with Crippen LogP contribution >= 0.6 is 0 Å². The third-order valence-corrected chi connectivity index (χ3v) is 4.21. The molecule has 0 radical (unpaired) electrons. The number of imidazole rings is 1. The number of hydrogen-bond acceptors (Lipinski definition) is 4. The second kappa shape index (κ2) is 6.45. The Balaban J connectivity index is 1.77. The van der Waals surface area contributed by atoms with Crippen LogP contribution in [0.4, 0.5) is 0 Å². The fraction of sp³-hybridized carbons (Fsp3) is 0.263. The van der Waals surface area contributed by atoms with E-state index in [4.69, 9.17) is 9.47 Å². The maximum atomic E-state index is 11.0. The van der Waals surface area contributed by atoms with Gasteiger partial charge in [-0.1, -0.05) is 24.3 Å². The van der Waals surface area contributed by atoms with E-state index in [1.807, 2.05) is 34.9 Å². The molecule has 1 aliphatic heterocycles. The highest BCUT2D eigenvalue weighted by Gasteiger charge is 2.23. The predicted octanol–water partition coefficient (Wildman–Crippen LogP) is 4.34.